The highest BCUT2D eigenvalue weighted by Crippen LogP contribution is 2.30. The summed E-state index contributed by atoms with van der Waals surface area (Å²) in [6.07, 6.45) is 1.63. The van der Waals surface area contributed by atoms with E-state index in [9.17, 15) is 4.79 Å². The topological polar surface area (TPSA) is 61.5 Å². The lowest BCUT2D eigenvalue weighted by Crippen LogP contribution is -2.08. The first-order valence-electron chi connectivity index (χ1n) is 4.83. The highest BCUT2D eigenvalue weighted by atomic mass is 16.6. The molecule has 0 fully saturated rings. The summed E-state index contributed by atoms with van der Waals surface area (Å²) in [6.45, 7) is 4.95. The van der Waals surface area contributed by atoms with Crippen LogP contribution >= 0.6 is 0 Å². The van der Waals surface area contributed by atoms with Crippen LogP contribution in [-0.2, 0) is 4.79 Å². The van der Waals surface area contributed by atoms with E-state index < -0.39 is 0 Å². The average molecular weight is 221 g/mol. The highest BCUT2D eigenvalue weighted by molar-refractivity contribution is 5.70. The van der Waals surface area contributed by atoms with Crippen molar-refractivity contribution in [3.8, 4) is 11.5 Å². The van der Waals surface area contributed by atoms with Gasteiger partial charge in [-0.3, -0.25) is 4.79 Å². The van der Waals surface area contributed by atoms with Gasteiger partial charge in [0, 0.05) is 13.0 Å². The lowest BCUT2D eigenvalue weighted by molar-refractivity contribution is -0.132. The van der Waals surface area contributed by atoms with Crippen molar-refractivity contribution in [3.63, 3.8) is 0 Å². The maximum Gasteiger partial charge on any atom is 0.308 e. The van der Waals surface area contributed by atoms with E-state index in [1.165, 1.54) is 14.0 Å². The van der Waals surface area contributed by atoms with Gasteiger partial charge in [-0.25, -0.2) is 0 Å². The van der Waals surface area contributed by atoms with Gasteiger partial charge >= 0.3 is 5.97 Å². The molecule has 0 radical (unpaired) electrons. The third-order valence-electron chi connectivity index (χ3n) is 2.08. The summed E-state index contributed by atoms with van der Waals surface area (Å²) in [5.74, 6) is 0.471. The normalized spacial score (nSPS) is 11.7. The van der Waals surface area contributed by atoms with Crippen molar-refractivity contribution in [1.82, 2.24) is 0 Å². The molecule has 0 aliphatic heterocycles. The number of rotatable bonds is 4. The van der Waals surface area contributed by atoms with Crippen LogP contribution in [0.3, 0.4) is 0 Å². The molecule has 1 aromatic carbocycles. The number of methoxy groups -OCH3 is 1. The summed E-state index contributed by atoms with van der Waals surface area (Å²) in [5.41, 5.74) is 6.64. The fraction of sp³-hybridized carbons (Fsp3) is 0.250. The van der Waals surface area contributed by atoms with Crippen molar-refractivity contribution in [2.75, 3.05) is 7.11 Å². The van der Waals surface area contributed by atoms with Crippen LogP contribution in [0.2, 0.25) is 0 Å². The quantitative estimate of drug-likeness (QED) is 0.478. The third kappa shape index (κ3) is 2.84. The third-order valence-corrected chi connectivity index (χ3v) is 2.08. The summed E-state index contributed by atoms with van der Waals surface area (Å²) in [5, 5.41) is 0. The summed E-state index contributed by atoms with van der Waals surface area (Å²) in [4.78, 5) is 10.8. The van der Waals surface area contributed by atoms with E-state index in [2.05, 4.69) is 6.58 Å². The van der Waals surface area contributed by atoms with Crippen LogP contribution in [0.25, 0.3) is 0 Å². The van der Waals surface area contributed by atoms with Gasteiger partial charge in [0.15, 0.2) is 11.5 Å². The van der Waals surface area contributed by atoms with Gasteiger partial charge < -0.3 is 15.2 Å². The summed E-state index contributed by atoms with van der Waals surface area (Å²) >= 11 is 0. The predicted molar refractivity (Wildman–Crippen MR) is 61.4 cm³/mol. The molecule has 0 aliphatic rings. The Kier molecular flexibility index (Phi) is 4.08. The van der Waals surface area contributed by atoms with E-state index in [0.717, 1.165) is 5.56 Å². The molecule has 1 aromatic rings. The Morgan fingerprint density at radius 2 is 2.19 bits per heavy atom. The number of carbonyl (C=O) groups excluding carboxylic acids is 1. The minimum absolute atomic E-state index is 0.264. The van der Waals surface area contributed by atoms with E-state index in [1.54, 1.807) is 24.3 Å². The first kappa shape index (κ1) is 12.3. The zero-order chi connectivity index (χ0) is 12.1. The van der Waals surface area contributed by atoms with Crippen molar-refractivity contribution in [3.05, 3.63) is 36.4 Å². The molecule has 0 unspecified atom stereocenters. The smallest absolute Gasteiger partial charge is 0.308 e. The molecule has 4 heteroatoms. The molecule has 16 heavy (non-hydrogen) atoms. The van der Waals surface area contributed by atoms with Crippen LogP contribution in [0.15, 0.2) is 30.9 Å². The van der Waals surface area contributed by atoms with Gasteiger partial charge in [-0.05, 0) is 17.7 Å². The molecule has 0 aromatic heterocycles. The van der Waals surface area contributed by atoms with Gasteiger partial charge in [0.05, 0.1) is 7.11 Å². The van der Waals surface area contributed by atoms with Crippen LogP contribution in [0.4, 0.5) is 0 Å². The minimum atomic E-state index is -0.390. The number of carbonyl (C=O) groups is 1. The van der Waals surface area contributed by atoms with Gasteiger partial charge in [0.25, 0.3) is 0 Å². The van der Waals surface area contributed by atoms with Crippen molar-refractivity contribution in [2.45, 2.75) is 13.0 Å². The Hall–Kier alpha value is -1.81. The number of benzene rings is 1. The largest absolute Gasteiger partial charge is 0.493 e. The van der Waals surface area contributed by atoms with Crippen LogP contribution in [-0.4, -0.2) is 13.1 Å². The Bertz CT molecular complexity index is 401. The molecule has 0 bridgehead atoms. The van der Waals surface area contributed by atoms with Crippen LogP contribution in [0.5, 0.6) is 11.5 Å². The minimum Gasteiger partial charge on any atom is -0.493 e. The SMILES string of the molecule is C=C[C@H](N)c1ccc(OC(C)=O)c(OC)c1. The molecule has 86 valence electrons. The standard InChI is InChI=1S/C12H15NO3/c1-4-10(13)9-5-6-11(16-8(2)14)12(7-9)15-3/h4-7,10H,1,13H2,2-3H3/t10-/m0/s1. The highest BCUT2D eigenvalue weighted by Gasteiger charge is 2.10. The Morgan fingerprint density at radius 1 is 1.50 bits per heavy atom. The number of nitrogens with two attached hydrogens (primary N) is 1. The molecule has 4 nitrogen and oxygen atoms in total. The molecule has 0 aliphatic carbocycles. The van der Waals surface area contributed by atoms with E-state index in [-0.39, 0.29) is 12.0 Å². The van der Waals surface area contributed by atoms with Crippen LogP contribution in [0.1, 0.15) is 18.5 Å². The molecular formula is C12H15NO3. The maximum atomic E-state index is 10.8. The fourth-order valence-electron chi connectivity index (χ4n) is 1.27. The Morgan fingerprint density at radius 3 is 2.69 bits per heavy atom. The molecule has 0 saturated carbocycles. The van der Waals surface area contributed by atoms with E-state index in [1.807, 2.05) is 0 Å². The molecular weight excluding hydrogens is 206 g/mol. The maximum absolute atomic E-state index is 10.8. The van der Waals surface area contributed by atoms with E-state index in [0.29, 0.717) is 11.5 Å². The number of hydrogen-bond donors (Lipinski definition) is 1. The first-order valence-corrected chi connectivity index (χ1v) is 4.83. The van der Waals surface area contributed by atoms with Gasteiger partial charge in [-0.15, -0.1) is 6.58 Å². The van der Waals surface area contributed by atoms with Gasteiger partial charge in [-0.2, -0.15) is 0 Å². The van der Waals surface area contributed by atoms with Gasteiger partial charge in [-0.1, -0.05) is 12.1 Å². The van der Waals surface area contributed by atoms with Crippen LogP contribution < -0.4 is 15.2 Å². The van der Waals surface area contributed by atoms with Crippen molar-refractivity contribution in [2.24, 2.45) is 5.73 Å². The summed E-state index contributed by atoms with van der Waals surface area (Å²) in [7, 11) is 1.51. The van der Waals surface area contributed by atoms with Gasteiger partial charge in [0.2, 0.25) is 0 Å². The molecule has 2 N–H and O–H groups in total. The van der Waals surface area contributed by atoms with Crippen LogP contribution in [0, 0.1) is 0 Å². The van der Waals surface area contributed by atoms with E-state index in [4.69, 9.17) is 15.2 Å². The molecule has 1 rings (SSSR count). The van der Waals surface area contributed by atoms with Crippen molar-refractivity contribution < 1.29 is 14.3 Å². The fourth-order valence-corrected chi connectivity index (χ4v) is 1.27. The number of esters is 1. The summed E-state index contributed by atoms with van der Waals surface area (Å²) in [6, 6.07) is 4.89. The first-order chi connectivity index (χ1) is 7.58. The monoisotopic (exact) mass is 221 g/mol. The average Bonchev–Trinajstić information content (AvgIpc) is 2.27. The molecule has 0 saturated heterocycles. The zero-order valence-corrected chi connectivity index (χ0v) is 9.40. The molecule has 1 atom stereocenters. The summed E-state index contributed by atoms with van der Waals surface area (Å²) < 4.78 is 10.1. The second-order valence-corrected chi connectivity index (χ2v) is 3.27. The van der Waals surface area contributed by atoms with Crippen molar-refractivity contribution >= 4 is 5.97 Å². The lowest BCUT2D eigenvalue weighted by atomic mass is 10.1. The van der Waals surface area contributed by atoms with E-state index >= 15 is 0 Å². The Balaban J connectivity index is 3.05. The number of hydrogen-bond acceptors (Lipinski definition) is 4. The van der Waals surface area contributed by atoms with Crippen molar-refractivity contribution in [1.29, 1.82) is 0 Å². The predicted octanol–water partition coefficient (Wildman–Crippen LogP) is 1.81. The second kappa shape index (κ2) is 5.32. The Labute approximate surface area is 94.7 Å². The molecule has 0 spiro atoms. The second-order valence-electron chi connectivity index (χ2n) is 3.27. The number of ether oxygens (including phenoxy) is 2. The molecule has 0 amide bonds. The van der Waals surface area contributed by atoms with Gasteiger partial charge in [0.1, 0.15) is 0 Å². The lowest BCUT2D eigenvalue weighted by Gasteiger charge is -2.12. The zero-order valence-electron chi connectivity index (χ0n) is 9.40. The molecule has 0 heterocycles.